The standard InChI is InChI=1S/C10H9N3O3/c14-8-4-2-1-3-7(8)5-11-13-6-9(15)12-10(13)16/h1-5,14H,6H2,(H,12,15,16)/b11-5+. The lowest BCUT2D eigenvalue weighted by atomic mass is 10.2. The van der Waals surface area contributed by atoms with Gasteiger partial charge < -0.3 is 5.11 Å². The minimum Gasteiger partial charge on any atom is -0.507 e. The Labute approximate surface area is 91.2 Å². The molecule has 2 rings (SSSR count). The van der Waals surface area contributed by atoms with E-state index in [2.05, 4.69) is 10.4 Å². The van der Waals surface area contributed by atoms with Gasteiger partial charge in [-0.3, -0.25) is 10.1 Å². The lowest BCUT2D eigenvalue weighted by Crippen LogP contribution is -2.24. The first kappa shape index (κ1) is 10.2. The number of hydrogen-bond donors (Lipinski definition) is 2. The number of aromatic hydroxyl groups is 1. The van der Waals surface area contributed by atoms with Gasteiger partial charge >= 0.3 is 6.03 Å². The number of imide groups is 1. The number of nitrogens with one attached hydrogen (secondary N) is 1. The average Bonchev–Trinajstić information content (AvgIpc) is 2.56. The summed E-state index contributed by atoms with van der Waals surface area (Å²) in [5.74, 6) is -0.323. The minimum absolute atomic E-state index is 0.0668. The van der Waals surface area contributed by atoms with Crippen molar-refractivity contribution >= 4 is 18.2 Å². The molecule has 0 aromatic heterocycles. The Morgan fingerprint density at radius 2 is 2.12 bits per heavy atom. The molecule has 6 nitrogen and oxygen atoms in total. The first-order valence-corrected chi connectivity index (χ1v) is 4.60. The fourth-order valence-corrected chi connectivity index (χ4v) is 1.25. The summed E-state index contributed by atoms with van der Waals surface area (Å²) in [6.07, 6.45) is 1.33. The number of para-hydroxylation sites is 1. The van der Waals surface area contributed by atoms with E-state index in [9.17, 15) is 14.7 Å². The van der Waals surface area contributed by atoms with Crippen LogP contribution in [0.2, 0.25) is 0 Å². The summed E-state index contributed by atoms with van der Waals surface area (Å²) in [5, 5.41) is 16.3. The monoisotopic (exact) mass is 219 g/mol. The highest BCUT2D eigenvalue weighted by molar-refractivity contribution is 6.02. The molecule has 3 amide bonds. The number of benzene rings is 1. The Morgan fingerprint density at radius 1 is 1.38 bits per heavy atom. The van der Waals surface area contributed by atoms with Crippen molar-refractivity contribution < 1.29 is 14.7 Å². The van der Waals surface area contributed by atoms with E-state index >= 15 is 0 Å². The lowest BCUT2D eigenvalue weighted by molar-refractivity contribution is -0.118. The molecule has 1 heterocycles. The maximum absolute atomic E-state index is 11.1. The Bertz CT molecular complexity index is 470. The molecule has 1 aliphatic heterocycles. The molecule has 0 saturated carbocycles. The molecule has 0 spiro atoms. The van der Waals surface area contributed by atoms with Crippen molar-refractivity contribution in [1.82, 2.24) is 10.3 Å². The molecule has 1 aromatic carbocycles. The van der Waals surface area contributed by atoms with E-state index in [0.29, 0.717) is 5.56 Å². The molecule has 82 valence electrons. The number of hydrazone groups is 1. The SMILES string of the molecule is O=C1CN(/N=C/c2ccccc2O)C(=O)N1. The zero-order valence-corrected chi connectivity index (χ0v) is 8.25. The second-order valence-corrected chi connectivity index (χ2v) is 3.21. The van der Waals surface area contributed by atoms with Gasteiger partial charge in [0.2, 0.25) is 5.91 Å². The molecule has 1 aromatic rings. The molecule has 1 aliphatic rings. The highest BCUT2D eigenvalue weighted by Gasteiger charge is 2.25. The molecule has 1 fully saturated rings. The van der Waals surface area contributed by atoms with Crippen LogP contribution in [0.3, 0.4) is 0 Å². The minimum atomic E-state index is -0.559. The van der Waals surface area contributed by atoms with Crippen LogP contribution in [0.25, 0.3) is 0 Å². The number of urea groups is 1. The number of carbonyl (C=O) groups excluding carboxylic acids is 2. The Morgan fingerprint density at radius 3 is 2.75 bits per heavy atom. The fraction of sp³-hybridized carbons (Fsp3) is 0.100. The predicted octanol–water partition coefficient (Wildman–Crippen LogP) is 0.278. The van der Waals surface area contributed by atoms with Crippen LogP contribution >= 0.6 is 0 Å². The van der Waals surface area contributed by atoms with Gasteiger partial charge in [0.15, 0.2) is 0 Å². The molecule has 1 saturated heterocycles. The van der Waals surface area contributed by atoms with E-state index in [1.54, 1.807) is 18.2 Å². The van der Waals surface area contributed by atoms with Crippen LogP contribution in [0, 0.1) is 0 Å². The number of hydrogen-bond acceptors (Lipinski definition) is 4. The van der Waals surface area contributed by atoms with Crippen LogP contribution in [-0.4, -0.2) is 34.8 Å². The third kappa shape index (κ3) is 2.00. The largest absolute Gasteiger partial charge is 0.507 e. The van der Waals surface area contributed by atoms with Crippen molar-refractivity contribution in [2.75, 3.05) is 6.54 Å². The first-order valence-electron chi connectivity index (χ1n) is 4.60. The van der Waals surface area contributed by atoms with Gasteiger partial charge in [-0.15, -0.1) is 0 Å². The summed E-state index contributed by atoms with van der Waals surface area (Å²) in [5.41, 5.74) is 0.481. The number of carbonyl (C=O) groups is 2. The average molecular weight is 219 g/mol. The van der Waals surface area contributed by atoms with Crippen LogP contribution in [0.4, 0.5) is 4.79 Å². The van der Waals surface area contributed by atoms with Crippen LogP contribution in [0.5, 0.6) is 5.75 Å². The van der Waals surface area contributed by atoms with Gasteiger partial charge in [-0.1, -0.05) is 12.1 Å². The zero-order chi connectivity index (χ0) is 11.5. The molecule has 0 atom stereocenters. The highest BCUT2D eigenvalue weighted by atomic mass is 16.3. The zero-order valence-electron chi connectivity index (χ0n) is 8.25. The second-order valence-electron chi connectivity index (χ2n) is 3.21. The van der Waals surface area contributed by atoms with E-state index in [1.807, 2.05) is 0 Å². The summed E-state index contributed by atoms with van der Waals surface area (Å²) in [6, 6.07) is 6.01. The maximum Gasteiger partial charge on any atom is 0.344 e. The Balaban J connectivity index is 2.13. The van der Waals surface area contributed by atoms with E-state index < -0.39 is 6.03 Å². The lowest BCUT2D eigenvalue weighted by Gasteiger charge is -2.04. The van der Waals surface area contributed by atoms with Crippen LogP contribution in [0.1, 0.15) is 5.56 Å². The van der Waals surface area contributed by atoms with Gasteiger partial charge in [0.1, 0.15) is 12.3 Å². The maximum atomic E-state index is 11.1. The molecule has 0 bridgehead atoms. The summed E-state index contributed by atoms with van der Waals surface area (Å²) < 4.78 is 0. The summed E-state index contributed by atoms with van der Waals surface area (Å²) in [4.78, 5) is 22.0. The van der Waals surface area contributed by atoms with Gasteiger partial charge in [0, 0.05) is 5.56 Å². The molecule has 2 N–H and O–H groups in total. The van der Waals surface area contributed by atoms with Gasteiger partial charge in [0.25, 0.3) is 0 Å². The molecule has 0 radical (unpaired) electrons. The fourth-order valence-electron chi connectivity index (χ4n) is 1.25. The van der Waals surface area contributed by atoms with Gasteiger partial charge in [-0.25, -0.2) is 9.80 Å². The molecular weight excluding hydrogens is 210 g/mol. The van der Waals surface area contributed by atoms with E-state index in [1.165, 1.54) is 12.3 Å². The van der Waals surface area contributed by atoms with Crippen LogP contribution in [-0.2, 0) is 4.79 Å². The third-order valence-electron chi connectivity index (χ3n) is 2.05. The summed E-state index contributed by atoms with van der Waals surface area (Å²) in [6.45, 7) is -0.0943. The number of amides is 3. The van der Waals surface area contributed by atoms with Crippen molar-refractivity contribution in [3.05, 3.63) is 29.8 Å². The van der Waals surface area contributed by atoms with Crippen molar-refractivity contribution in [2.24, 2.45) is 5.10 Å². The second kappa shape index (κ2) is 4.01. The van der Waals surface area contributed by atoms with Crippen molar-refractivity contribution in [1.29, 1.82) is 0 Å². The molecule has 0 aliphatic carbocycles. The number of phenolic OH excluding ortho intramolecular Hbond substituents is 1. The number of rotatable bonds is 2. The molecule has 16 heavy (non-hydrogen) atoms. The predicted molar refractivity (Wildman–Crippen MR) is 55.9 cm³/mol. The van der Waals surface area contributed by atoms with E-state index in [0.717, 1.165) is 5.01 Å². The number of nitrogens with zero attached hydrogens (tertiary/aromatic N) is 2. The van der Waals surface area contributed by atoms with Crippen molar-refractivity contribution in [2.45, 2.75) is 0 Å². The first-order chi connectivity index (χ1) is 7.66. The normalized spacial score (nSPS) is 15.9. The quantitative estimate of drug-likeness (QED) is 0.553. The van der Waals surface area contributed by atoms with E-state index in [-0.39, 0.29) is 18.2 Å². The summed E-state index contributed by atoms with van der Waals surface area (Å²) >= 11 is 0. The number of phenols is 1. The van der Waals surface area contributed by atoms with Crippen LogP contribution < -0.4 is 5.32 Å². The van der Waals surface area contributed by atoms with Gasteiger partial charge in [-0.05, 0) is 12.1 Å². The topological polar surface area (TPSA) is 82.0 Å². The summed E-state index contributed by atoms with van der Waals surface area (Å²) in [7, 11) is 0. The Kier molecular flexibility index (Phi) is 2.55. The van der Waals surface area contributed by atoms with Crippen LogP contribution in [0.15, 0.2) is 29.4 Å². The molecule has 0 unspecified atom stereocenters. The van der Waals surface area contributed by atoms with Gasteiger partial charge in [0.05, 0.1) is 6.21 Å². The molecular formula is C10H9N3O3. The van der Waals surface area contributed by atoms with Crippen molar-refractivity contribution in [3.8, 4) is 5.75 Å². The smallest absolute Gasteiger partial charge is 0.344 e. The highest BCUT2D eigenvalue weighted by Crippen LogP contribution is 2.13. The van der Waals surface area contributed by atoms with E-state index in [4.69, 9.17) is 0 Å². The Hall–Kier alpha value is -2.37. The molecule has 6 heteroatoms. The third-order valence-corrected chi connectivity index (χ3v) is 2.05. The van der Waals surface area contributed by atoms with Gasteiger partial charge in [-0.2, -0.15) is 5.10 Å². The van der Waals surface area contributed by atoms with Crippen molar-refractivity contribution in [3.63, 3.8) is 0 Å².